The van der Waals surface area contributed by atoms with Crippen LogP contribution in [0.2, 0.25) is 0 Å². The van der Waals surface area contributed by atoms with E-state index in [1.165, 1.54) is 9.36 Å². The van der Waals surface area contributed by atoms with Crippen LogP contribution in [0, 0.1) is 0 Å². The third kappa shape index (κ3) is 3.18. The normalized spacial score (nSPS) is 18.1. The fourth-order valence-corrected chi connectivity index (χ4v) is 2.97. The van der Waals surface area contributed by atoms with Gasteiger partial charge in [-0.1, -0.05) is 25.1 Å². The summed E-state index contributed by atoms with van der Waals surface area (Å²) >= 11 is 0. The lowest BCUT2D eigenvalue weighted by Crippen LogP contribution is -2.43. The molecule has 1 aliphatic heterocycles. The molecule has 2 aromatic rings. The standard InChI is InChI=1S/C16H21N5O2/c1-2-7-15(22)19-11-6-10-14(12-19)21-16(23)20(17-18-21)13-8-4-3-5-9-13/h3-5,8-9,14H,2,6-7,10-12H2,1H3. The van der Waals surface area contributed by atoms with Crippen LogP contribution >= 0.6 is 0 Å². The molecule has 1 aromatic carbocycles. The van der Waals surface area contributed by atoms with Crippen molar-refractivity contribution in [3.05, 3.63) is 40.8 Å². The van der Waals surface area contributed by atoms with Crippen molar-refractivity contribution < 1.29 is 4.79 Å². The van der Waals surface area contributed by atoms with Gasteiger partial charge < -0.3 is 4.90 Å². The molecule has 1 saturated heterocycles. The molecule has 0 saturated carbocycles. The van der Waals surface area contributed by atoms with E-state index in [1.54, 1.807) is 0 Å². The van der Waals surface area contributed by atoms with Crippen LogP contribution in [0.15, 0.2) is 35.1 Å². The number of hydrogen-bond donors (Lipinski definition) is 0. The van der Waals surface area contributed by atoms with Crippen LogP contribution < -0.4 is 5.69 Å². The van der Waals surface area contributed by atoms with Crippen molar-refractivity contribution in [3.8, 4) is 5.69 Å². The number of nitrogens with zero attached hydrogens (tertiary/aromatic N) is 5. The maximum absolute atomic E-state index is 12.6. The number of benzene rings is 1. The summed E-state index contributed by atoms with van der Waals surface area (Å²) in [5.41, 5.74) is 0.435. The number of rotatable bonds is 4. The van der Waals surface area contributed by atoms with Crippen LogP contribution in [0.4, 0.5) is 0 Å². The van der Waals surface area contributed by atoms with Gasteiger partial charge in [-0.05, 0) is 41.8 Å². The van der Waals surface area contributed by atoms with Crippen LogP contribution in [0.25, 0.3) is 5.69 Å². The molecule has 0 N–H and O–H groups in total. The van der Waals surface area contributed by atoms with Gasteiger partial charge in [0.15, 0.2) is 0 Å². The van der Waals surface area contributed by atoms with E-state index in [0.29, 0.717) is 18.7 Å². The molecule has 1 atom stereocenters. The fourth-order valence-electron chi connectivity index (χ4n) is 2.97. The molecule has 2 heterocycles. The second kappa shape index (κ2) is 6.76. The van der Waals surface area contributed by atoms with E-state index in [-0.39, 0.29) is 17.6 Å². The lowest BCUT2D eigenvalue weighted by Gasteiger charge is -2.32. The van der Waals surface area contributed by atoms with Crippen molar-refractivity contribution in [3.63, 3.8) is 0 Å². The van der Waals surface area contributed by atoms with Crippen LogP contribution in [-0.2, 0) is 4.79 Å². The molecule has 0 spiro atoms. The molecular weight excluding hydrogens is 294 g/mol. The number of para-hydroxylation sites is 1. The Hall–Kier alpha value is -2.44. The molecule has 7 heteroatoms. The zero-order valence-corrected chi connectivity index (χ0v) is 13.3. The van der Waals surface area contributed by atoms with Gasteiger partial charge in [-0.2, -0.15) is 9.36 Å². The van der Waals surface area contributed by atoms with E-state index >= 15 is 0 Å². The van der Waals surface area contributed by atoms with Crippen LogP contribution in [-0.4, -0.2) is 43.7 Å². The summed E-state index contributed by atoms with van der Waals surface area (Å²) in [6.07, 6.45) is 3.11. The van der Waals surface area contributed by atoms with Gasteiger partial charge in [0.05, 0.1) is 11.7 Å². The van der Waals surface area contributed by atoms with E-state index in [1.807, 2.05) is 42.2 Å². The first-order valence-corrected chi connectivity index (χ1v) is 8.08. The van der Waals surface area contributed by atoms with Crippen molar-refractivity contribution in [1.29, 1.82) is 0 Å². The van der Waals surface area contributed by atoms with Gasteiger partial charge in [-0.3, -0.25) is 4.79 Å². The molecule has 1 aliphatic rings. The first-order chi connectivity index (χ1) is 11.2. The summed E-state index contributed by atoms with van der Waals surface area (Å²) < 4.78 is 2.71. The molecule has 3 rings (SSSR count). The van der Waals surface area contributed by atoms with E-state index in [4.69, 9.17) is 0 Å². The van der Waals surface area contributed by atoms with Crippen LogP contribution in [0.5, 0.6) is 0 Å². The zero-order valence-electron chi connectivity index (χ0n) is 13.3. The second-order valence-electron chi connectivity index (χ2n) is 5.84. The van der Waals surface area contributed by atoms with Crippen LogP contribution in [0.1, 0.15) is 38.6 Å². The molecule has 7 nitrogen and oxygen atoms in total. The average molecular weight is 315 g/mol. The predicted molar refractivity (Wildman–Crippen MR) is 85.4 cm³/mol. The minimum absolute atomic E-state index is 0.102. The second-order valence-corrected chi connectivity index (χ2v) is 5.84. The van der Waals surface area contributed by atoms with E-state index in [0.717, 1.165) is 25.8 Å². The van der Waals surface area contributed by atoms with Gasteiger partial charge >= 0.3 is 5.69 Å². The molecule has 1 fully saturated rings. The predicted octanol–water partition coefficient (Wildman–Crippen LogP) is 1.39. The third-order valence-electron chi connectivity index (χ3n) is 4.16. The van der Waals surface area contributed by atoms with Gasteiger partial charge in [-0.15, -0.1) is 0 Å². The van der Waals surface area contributed by atoms with Gasteiger partial charge in [0, 0.05) is 19.5 Å². The Labute approximate surface area is 134 Å². The maximum Gasteiger partial charge on any atom is 0.368 e. The molecule has 0 aliphatic carbocycles. The Balaban J connectivity index is 1.81. The Kier molecular flexibility index (Phi) is 4.55. The summed E-state index contributed by atoms with van der Waals surface area (Å²) in [4.78, 5) is 26.5. The lowest BCUT2D eigenvalue weighted by molar-refractivity contribution is -0.132. The fraction of sp³-hybridized carbons (Fsp3) is 0.500. The highest BCUT2D eigenvalue weighted by atomic mass is 16.2. The maximum atomic E-state index is 12.6. The number of likely N-dealkylation sites (tertiary alicyclic amines) is 1. The van der Waals surface area contributed by atoms with Gasteiger partial charge in [-0.25, -0.2) is 4.79 Å². The van der Waals surface area contributed by atoms with Crippen molar-refractivity contribution >= 4 is 5.91 Å². The molecule has 1 aromatic heterocycles. The Morgan fingerprint density at radius 3 is 2.78 bits per heavy atom. The number of carbonyl (C=O) groups is 1. The topological polar surface area (TPSA) is 73.0 Å². The van der Waals surface area contributed by atoms with Crippen LogP contribution in [0.3, 0.4) is 0 Å². The van der Waals surface area contributed by atoms with Gasteiger partial charge in [0.1, 0.15) is 0 Å². The number of hydrogen-bond acceptors (Lipinski definition) is 4. The highest BCUT2D eigenvalue weighted by Crippen LogP contribution is 2.20. The first-order valence-electron chi connectivity index (χ1n) is 8.08. The molecule has 0 bridgehead atoms. The van der Waals surface area contributed by atoms with E-state index in [2.05, 4.69) is 10.4 Å². The first kappa shape index (κ1) is 15.5. The minimum atomic E-state index is -0.258. The molecule has 1 amide bonds. The molecular formula is C16H21N5O2. The Bertz CT molecular complexity index is 722. The number of amides is 1. The molecule has 0 radical (unpaired) electrons. The largest absolute Gasteiger partial charge is 0.368 e. The number of tetrazole rings is 1. The smallest absolute Gasteiger partial charge is 0.341 e. The van der Waals surface area contributed by atoms with Crippen molar-refractivity contribution in [2.75, 3.05) is 13.1 Å². The number of piperidine rings is 1. The summed E-state index contributed by atoms with van der Waals surface area (Å²) in [6, 6.07) is 9.13. The average Bonchev–Trinajstić information content (AvgIpc) is 2.97. The lowest BCUT2D eigenvalue weighted by atomic mass is 10.1. The number of aromatic nitrogens is 4. The van der Waals surface area contributed by atoms with Crippen molar-refractivity contribution in [1.82, 2.24) is 24.7 Å². The van der Waals surface area contributed by atoms with E-state index < -0.39 is 0 Å². The highest BCUT2D eigenvalue weighted by Gasteiger charge is 2.27. The summed E-state index contributed by atoms with van der Waals surface area (Å²) in [5.74, 6) is 0.153. The Morgan fingerprint density at radius 1 is 1.26 bits per heavy atom. The van der Waals surface area contributed by atoms with Gasteiger partial charge in [0.2, 0.25) is 5.91 Å². The summed E-state index contributed by atoms with van der Waals surface area (Å²) in [7, 11) is 0. The minimum Gasteiger partial charge on any atom is -0.341 e. The molecule has 122 valence electrons. The third-order valence-corrected chi connectivity index (χ3v) is 4.16. The summed E-state index contributed by atoms with van der Waals surface area (Å²) in [5, 5.41) is 8.02. The molecule has 1 unspecified atom stereocenters. The quantitative estimate of drug-likeness (QED) is 0.855. The van der Waals surface area contributed by atoms with Crippen molar-refractivity contribution in [2.24, 2.45) is 0 Å². The Morgan fingerprint density at radius 2 is 2.04 bits per heavy atom. The highest BCUT2D eigenvalue weighted by molar-refractivity contribution is 5.76. The molecule has 23 heavy (non-hydrogen) atoms. The zero-order chi connectivity index (χ0) is 16.2. The van der Waals surface area contributed by atoms with Gasteiger partial charge in [0.25, 0.3) is 0 Å². The summed E-state index contributed by atoms with van der Waals surface area (Å²) in [6.45, 7) is 3.29. The SMILES string of the molecule is CCCC(=O)N1CCCC(n2nnn(-c3ccccc3)c2=O)C1. The number of carbonyl (C=O) groups excluding carboxylic acids is 1. The van der Waals surface area contributed by atoms with Crippen molar-refractivity contribution in [2.45, 2.75) is 38.6 Å². The van der Waals surface area contributed by atoms with E-state index in [9.17, 15) is 9.59 Å². The monoisotopic (exact) mass is 315 g/mol.